The molecule has 0 amide bonds. The van der Waals surface area contributed by atoms with Crippen LogP contribution >= 0.6 is 0 Å². The van der Waals surface area contributed by atoms with Crippen molar-refractivity contribution in [1.82, 2.24) is 4.98 Å². The minimum absolute atomic E-state index is 0.459. The summed E-state index contributed by atoms with van der Waals surface area (Å²) >= 11 is 0. The van der Waals surface area contributed by atoms with Crippen LogP contribution in [0.2, 0.25) is 0 Å². The second-order valence-electron chi connectivity index (χ2n) is 3.55. The van der Waals surface area contributed by atoms with E-state index in [4.69, 9.17) is 5.11 Å². The van der Waals surface area contributed by atoms with E-state index in [1.54, 1.807) is 0 Å². The predicted molar refractivity (Wildman–Crippen MR) is 50.9 cm³/mol. The number of nitrogens with zero attached hydrogens (tertiary/aromatic N) is 1. The van der Waals surface area contributed by atoms with Gasteiger partial charge in [0.15, 0.2) is 5.58 Å². The molecule has 4 nitrogen and oxygen atoms in total. The summed E-state index contributed by atoms with van der Waals surface area (Å²) in [6.45, 7) is 0. The van der Waals surface area contributed by atoms with E-state index in [0.717, 1.165) is 18.2 Å². The molecule has 0 unspecified atom stereocenters. The fraction of sp³-hybridized carbons (Fsp3) is 0.200. The number of alkyl halides is 5. The molecular weight excluding hydrogens is 277 g/mol. The van der Waals surface area contributed by atoms with Gasteiger partial charge in [-0.3, -0.25) is 0 Å². The summed E-state index contributed by atoms with van der Waals surface area (Å²) in [4.78, 5) is 13.7. The van der Waals surface area contributed by atoms with Gasteiger partial charge < -0.3 is 9.52 Å². The first-order valence-electron chi connectivity index (χ1n) is 4.72. The topological polar surface area (TPSA) is 63.3 Å². The number of oxazole rings is 1. The Morgan fingerprint density at radius 3 is 2.37 bits per heavy atom. The average molecular weight is 281 g/mol. The molecule has 0 aliphatic heterocycles. The zero-order chi connectivity index (χ0) is 14.4. The zero-order valence-corrected chi connectivity index (χ0v) is 8.83. The number of benzene rings is 1. The number of carboxylic acid groups (broad SMARTS) is 1. The second-order valence-corrected chi connectivity index (χ2v) is 3.55. The predicted octanol–water partition coefficient (Wildman–Crippen LogP) is 3.18. The van der Waals surface area contributed by atoms with Crippen LogP contribution in [0, 0.1) is 0 Å². The van der Waals surface area contributed by atoms with Crippen LogP contribution in [-0.4, -0.2) is 22.2 Å². The smallest absolute Gasteiger partial charge is 0.463 e. The van der Waals surface area contributed by atoms with Crippen molar-refractivity contribution >= 4 is 17.1 Å². The van der Waals surface area contributed by atoms with Crippen molar-refractivity contribution in [2.45, 2.75) is 12.1 Å². The van der Waals surface area contributed by atoms with Crippen LogP contribution in [0.25, 0.3) is 11.1 Å². The highest BCUT2D eigenvalue weighted by molar-refractivity contribution is 6.00. The Labute approximate surface area is 101 Å². The molecule has 0 radical (unpaired) electrons. The molecule has 19 heavy (non-hydrogen) atoms. The van der Waals surface area contributed by atoms with Gasteiger partial charge in [-0.1, -0.05) is 6.07 Å². The third kappa shape index (κ3) is 2.00. The highest BCUT2D eigenvalue weighted by Crippen LogP contribution is 2.44. The maximum absolute atomic E-state index is 13.0. The Morgan fingerprint density at radius 2 is 1.84 bits per heavy atom. The Morgan fingerprint density at radius 1 is 1.21 bits per heavy atom. The normalized spacial score (nSPS) is 12.9. The van der Waals surface area contributed by atoms with E-state index in [9.17, 15) is 26.7 Å². The maximum Gasteiger partial charge on any atom is 0.463 e. The first-order chi connectivity index (χ1) is 8.64. The van der Waals surface area contributed by atoms with Crippen molar-refractivity contribution in [2.24, 2.45) is 0 Å². The summed E-state index contributed by atoms with van der Waals surface area (Å²) < 4.78 is 66.7. The minimum atomic E-state index is -5.88. The van der Waals surface area contributed by atoms with Crippen molar-refractivity contribution < 1.29 is 36.3 Å². The first kappa shape index (κ1) is 13.2. The Hall–Kier alpha value is -2.19. The molecule has 0 spiro atoms. The molecule has 0 saturated heterocycles. The van der Waals surface area contributed by atoms with Crippen molar-refractivity contribution in [3.8, 4) is 0 Å². The van der Waals surface area contributed by atoms with Crippen LogP contribution in [0.15, 0.2) is 22.6 Å². The molecule has 0 aliphatic rings. The molecule has 0 bridgehead atoms. The molecule has 1 heterocycles. The Balaban J connectivity index is 2.66. The molecule has 0 fully saturated rings. The fourth-order valence-corrected chi connectivity index (χ4v) is 1.38. The lowest BCUT2D eigenvalue weighted by molar-refractivity contribution is -0.297. The molecular formula is C10H4F5NO3. The van der Waals surface area contributed by atoms with Gasteiger partial charge in [0.1, 0.15) is 5.52 Å². The van der Waals surface area contributed by atoms with E-state index in [2.05, 4.69) is 9.40 Å². The molecule has 102 valence electrons. The van der Waals surface area contributed by atoms with Gasteiger partial charge in [0.05, 0.1) is 5.56 Å². The largest absolute Gasteiger partial charge is 0.478 e. The monoisotopic (exact) mass is 281 g/mol. The molecule has 0 saturated carbocycles. The highest BCUT2D eigenvalue weighted by Gasteiger charge is 2.62. The van der Waals surface area contributed by atoms with Gasteiger partial charge in [0.25, 0.3) is 5.89 Å². The van der Waals surface area contributed by atoms with E-state index in [-0.39, 0.29) is 0 Å². The number of aromatic nitrogens is 1. The fourth-order valence-electron chi connectivity index (χ4n) is 1.38. The molecule has 9 heteroatoms. The maximum atomic E-state index is 13.0. The molecule has 0 atom stereocenters. The molecule has 0 aliphatic carbocycles. The second kappa shape index (κ2) is 3.90. The molecule has 2 aromatic rings. The number of hydrogen-bond donors (Lipinski definition) is 1. The lowest BCUT2D eigenvalue weighted by Gasteiger charge is -2.15. The first-order valence-corrected chi connectivity index (χ1v) is 4.72. The molecule has 1 N–H and O–H groups in total. The van der Waals surface area contributed by atoms with Crippen LogP contribution in [0.4, 0.5) is 22.0 Å². The third-order valence-corrected chi connectivity index (χ3v) is 2.27. The van der Waals surface area contributed by atoms with E-state index >= 15 is 0 Å². The summed E-state index contributed by atoms with van der Waals surface area (Å²) in [6, 6.07) is 3.21. The average Bonchev–Trinajstić information content (AvgIpc) is 2.70. The van der Waals surface area contributed by atoms with Crippen molar-refractivity contribution in [3.05, 3.63) is 29.7 Å². The number of halogens is 5. The summed E-state index contributed by atoms with van der Waals surface area (Å²) in [5, 5.41) is 8.76. The van der Waals surface area contributed by atoms with Crippen molar-refractivity contribution in [2.75, 3.05) is 0 Å². The number of para-hydroxylation sites is 1. The number of rotatable bonds is 2. The van der Waals surface area contributed by atoms with E-state index < -0.39 is 40.6 Å². The van der Waals surface area contributed by atoms with Gasteiger partial charge in [0, 0.05) is 0 Å². The van der Waals surface area contributed by atoms with Gasteiger partial charge >= 0.3 is 18.1 Å². The number of hydrogen-bond acceptors (Lipinski definition) is 3. The summed E-state index contributed by atoms with van der Waals surface area (Å²) in [6.07, 6.45) is -5.88. The summed E-state index contributed by atoms with van der Waals surface area (Å²) in [7, 11) is 0. The quantitative estimate of drug-likeness (QED) is 0.859. The molecule has 2 rings (SSSR count). The summed E-state index contributed by atoms with van der Waals surface area (Å²) in [5.41, 5.74) is -1.54. The van der Waals surface area contributed by atoms with Crippen LogP contribution in [-0.2, 0) is 5.92 Å². The third-order valence-electron chi connectivity index (χ3n) is 2.27. The van der Waals surface area contributed by atoms with Crippen LogP contribution in [0.3, 0.4) is 0 Å². The van der Waals surface area contributed by atoms with Crippen LogP contribution in [0.1, 0.15) is 16.2 Å². The number of fused-ring (bicyclic) bond motifs is 1. The lowest BCUT2D eigenvalue weighted by Crippen LogP contribution is -2.33. The Kier molecular flexibility index (Phi) is 2.72. The van der Waals surface area contributed by atoms with Crippen LogP contribution < -0.4 is 0 Å². The number of carbonyl (C=O) groups is 1. The summed E-state index contributed by atoms with van der Waals surface area (Å²) in [5.74, 6) is -8.69. The van der Waals surface area contributed by atoms with Gasteiger partial charge in [-0.2, -0.15) is 22.0 Å². The molecule has 1 aromatic carbocycles. The highest BCUT2D eigenvalue weighted by atomic mass is 19.4. The lowest BCUT2D eigenvalue weighted by atomic mass is 10.2. The van der Waals surface area contributed by atoms with Crippen molar-refractivity contribution in [1.29, 1.82) is 0 Å². The van der Waals surface area contributed by atoms with Gasteiger partial charge in [0.2, 0.25) is 0 Å². The van der Waals surface area contributed by atoms with E-state index in [0.29, 0.717) is 0 Å². The van der Waals surface area contributed by atoms with Crippen molar-refractivity contribution in [3.63, 3.8) is 0 Å². The number of aromatic carboxylic acids is 1. The SMILES string of the molecule is O=C(O)c1cccc2oc(C(F)(F)C(F)(F)F)nc12. The van der Waals surface area contributed by atoms with Crippen LogP contribution in [0.5, 0.6) is 0 Å². The number of carboxylic acids is 1. The van der Waals surface area contributed by atoms with Gasteiger partial charge in [-0.15, -0.1) is 0 Å². The van der Waals surface area contributed by atoms with Gasteiger partial charge in [-0.25, -0.2) is 9.78 Å². The zero-order valence-electron chi connectivity index (χ0n) is 8.83. The van der Waals surface area contributed by atoms with E-state index in [1.165, 1.54) is 0 Å². The van der Waals surface area contributed by atoms with E-state index in [1.807, 2.05) is 0 Å². The Bertz CT molecular complexity index is 646. The molecule has 1 aromatic heterocycles. The van der Waals surface area contributed by atoms with Gasteiger partial charge in [-0.05, 0) is 12.1 Å². The standard InChI is InChI=1S/C10H4F5NO3/c11-9(12,10(13,14)15)8-16-6-4(7(17)18)2-1-3-5(6)19-8/h1-3H,(H,17,18). The minimum Gasteiger partial charge on any atom is -0.478 e.